The number of aromatic nitrogens is 1. The molecule has 1 aliphatic heterocycles. The van der Waals surface area contributed by atoms with Crippen LogP contribution in [0.5, 0.6) is 0 Å². The van der Waals surface area contributed by atoms with E-state index in [-0.39, 0.29) is 5.91 Å². The summed E-state index contributed by atoms with van der Waals surface area (Å²) in [6.45, 7) is 6.65. The van der Waals surface area contributed by atoms with E-state index in [1.165, 1.54) is 23.0 Å². The van der Waals surface area contributed by atoms with Gasteiger partial charge in [-0.25, -0.2) is 4.98 Å². The van der Waals surface area contributed by atoms with Gasteiger partial charge in [0.2, 0.25) is 5.91 Å². The van der Waals surface area contributed by atoms with Crippen molar-refractivity contribution in [1.82, 2.24) is 9.88 Å². The Labute approximate surface area is 197 Å². The maximum Gasteiger partial charge on any atom is 0.234 e. The molecule has 1 aliphatic rings. The van der Waals surface area contributed by atoms with Gasteiger partial charge in [-0.2, -0.15) is 0 Å². The molecule has 0 bridgehead atoms. The summed E-state index contributed by atoms with van der Waals surface area (Å²) in [6, 6.07) is 16.4. The smallest absolute Gasteiger partial charge is 0.234 e. The number of aryl methyl sites for hydroxylation is 1. The number of rotatable bonds is 7. The second-order valence-electron chi connectivity index (χ2n) is 7.72. The van der Waals surface area contributed by atoms with Gasteiger partial charge in [-0.05, 0) is 31.2 Å². The Morgan fingerprint density at radius 1 is 1.12 bits per heavy atom. The molecule has 0 aliphatic carbocycles. The Morgan fingerprint density at radius 2 is 1.84 bits per heavy atom. The van der Waals surface area contributed by atoms with E-state index in [4.69, 9.17) is 6.42 Å². The van der Waals surface area contributed by atoms with E-state index in [2.05, 4.69) is 69.3 Å². The van der Waals surface area contributed by atoms with Crippen molar-refractivity contribution in [2.45, 2.75) is 11.3 Å². The number of thioether (sulfide) groups is 1. The van der Waals surface area contributed by atoms with Crippen molar-refractivity contribution in [3.8, 4) is 23.6 Å². The van der Waals surface area contributed by atoms with Gasteiger partial charge in [0.05, 0.1) is 18.0 Å². The summed E-state index contributed by atoms with van der Waals surface area (Å²) in [5, 5.41) is 5.02. The molecule has 1 N–H and O–H groups in total. The van der Waals surface area contributed by atoms with Crippen molar-refractivity contribution >= 4 is 40.4 Å². The van der Waals surface area contributed by atoms with E-state index in [0.717, 1.165) is 47.5 Å². The van der Waals surface area contributed by atoms with Crippen molar-refractivity contribution in [3.63, 3.8) is 0 Å². The minimum absolute atomic E-state index is 0.0299. The molecule has 1 saturated heterocycles. The first-order valence-electron chi connectivity index (χ1n) is 10.6. The molecule has 7 heteroatoms. The Hall–Kier alpha value is -2.79. The minimum Gasteiger partial charge on any atom is -0.369 e. The van der Waals surface area contributed by atoms with E-state index in [1.54, 1.807) is 11.3 Å². The molecule has 32 heavy (non-hydrogen) atoms. The van der Waals surface area contributed by atoms with Crippen molar-refractivity contribution < 1.29 is 4.79 Å². The van der Waals surface area contributed by atoms with E-state index in [1.807, 2.05) is 17.5 Å². The number of carbonyl (C=O) groups excluding carboxylic acids is 1. The van der Waals surface area contributed by atoms with E-state index < -0.39 is 0 Å². The predicted molar refractivity (Wildman–Crippen MR) is 136 cm³/mol. The third kappa shape index (κ3) is 5.92. The molecule has 0 atom stereocenters. The number of nitrogens with zero attached hydrogens (tertiary/aromatic N) is 3. The molecular formula is C25H26N4OS2. The average Bonchev–Trinajstić information content (AvgIpc) is 3.29. The monoisotopic (exact) mass is 462 g/mol. The van der Waals surface area contributed by atoms with Crippen molar-refractivity contribution in [2.24, 2.45) is 0 Å². The van der Waals surface area contributed by atoms with E-state index in [0.29, 0.717) is 12.3 Å². The summed E-state index contributed by atoms with van der Waals surface area (Å²) < 4.78 is 0.898. The number of piperazine rings is 1. The molecule has 4 rings (SSSR count). The van der Waals surface area contributed by atoms with Crippen molar-refractivity contribution in [3.05, 3.63) is 59.5 Å². The highest BCUT2D eigenvalue weighted by Crippen LogP contribution is 2.28. The molecular weight excluding hydrogens is 436 g/mol. The summed E-state index contributed by atoms with van der Waals surface area (Å²) in [4.78, 5) is 21.7. The highest BCUT2D eigenvalue weighted by molar-refractivity contribution is 8.01. The van der Waals surface area contributed by atoms with Crippen LogP contribution in [0.15, 0.2) is 58.3 Å². The van der Waals surface area contributed by atoms with Crippen LogP contribution >= 0.6 is 23.1 Å². The third-order valence-corrected chi connectivity index (χ3v) is 7.38. The molecule has 1 fully saturated rings. The first kappa shape index (κ1) is 22.4. The largest absolute Gasteiger partial charge is 0.369 e. The standard InChI is InChI=1S/C25H26N4OS2/c1-3-12-28-13-15-29(16-14-28)22-10-8-21(9-11-22)26-24(30)18-32-25-27-23(17-31-25)20-6-4-19(2)5-7-20/h1,4-11,17H,12-16,18H2,2H3,(H,26,30). The van der Waals surface area contributed by atoms with Gasteiger partial charge < -0.3 is 10.2 Å². The number of nitrogens with one attached hydrogen (secondary N) is 1. The fourth-order valence-corrected chi connectivity index (χ4v) is 5.19. The Kier molecular flexibility index (Phi) is 7.48. The topological polar surface area (TPSA) is 48.5 Å². The minimum atomic E-state index is -0.0299. The zero-order valence-corrected chi connectivity index (χ0v) is 19.7. The molecule has 2 aromatic carbocycles. The molecule has 1 aromatic heterocycles. The summed E-state index contributed by atoms with van der Waals surface area (Å²) in [5.74, 6) is 3.01. The molecule has 0 unspecified atom stereocenters. The maximum absolute atomic E-state index is 12.4. The zero-order chi connectivity index (χ0) is 22.3. The fourth-order valence-electron chi connectivity index (χ4n) is 3.55. The zero-order valence-electron chi connectivity index (χ0n) is 18.1. The Bertz CT molecular complexity index is 1080. The van der Waals surface area contributed by atoms with Crippen LogP contribution in [-0.4, -0.2) is 54.3 Å². The van der Waals surface area contributed by atoms with Gasteiger partial charge in [0.1, 0.15) is 0 Å². The van der Waals surface area contributed by atoms with Gasteiger partial charge in [-0.1, -0.05) is 47.5 Å². The van der Waals surface area contributed by atoms with Crippen LogP contribution in [0.4, 0.5) is 11.4 Å². The number of hydrogen-bond donors (Lipinski definition) is 1. The van der Waals surface area contributed by atoms with E-state index in [9.17, 15) is 4.79 Å². The van der Waals surface area contributed by atoms with Gasteiger partial charge in [0.25, 0.3) is 0 Å². The highest BCUT2D eigenvalue weighted by Gasteiger charge is 2.16. The average molecular weight is 463 g/mol. The maximum atomic E-state index is 12.4. The Balaban J connectivity index is 1.25. The first-order chi connectivity index (χ1) is 15.6. The number of benzene rings is 2. The summed E-state index contributed by atoms with van der Waals surface area (Å²) >= 11 is 3.03. The van der Waals surface area contributed by atoms with Crippen LogP contribution in [0, 0.1) is 19.3 Å². The first-order valence-corrected chi connectivity index (χ1v) is 12.4. The summed E-state index contributed by atoms with van der Waals surface area (Å²) in [7, 11) is 0. The molecule has 164 valence electrons. The van der Waals surface area contributed by atoms with Gasteiger partial charge in [-0.15, -0.1) is 17.8 Å². The molecule has 3 aromatic rings. The van der Waals surface area contributed by atoms with Crippen LogP contribution < -0.4 is 10.2 Å². The highest BCUT2D eigenvalue weighted by atomic mass is 32.2. The van der Waals surface area contributed by atoms with Crippen LogP contribution in [-0.2, 0) is 4.79 Å². The lowest BCUT2D eigenvalue weighted by molar-refractivity contribution is -0.113. The van der Waals surface area contributed by atoms with Gasteiger partial charge in [-0.3, -0.25) is 9.69 Å². The Morgan fingerprint density at radius 3 is 2.53 bits per heavy atom. The summed E-state index contributed by atoms with van der Waals surface area (Å²) in [6.07, 6.45) is 5.40. The van der Waals surface area contributed by atoms with Crippen molar-refractivity contribution in [1.29, 1.82) is 0 Å². The van der Waals surface area contributed by atoms with Gasteiger partial charge in [0, 0.05) is 48.5 Å². The lowest BCUT2D eigenvalue weighted by Crippen LogP contribution is -2.46. The quantitative estimate of drug-likeness (QED) is 0.411. The van der Waals surface area contributed by atoms with E-state index >= 15 is 0 Å². The molecule has 0 saturated carbocycles. The lowest BCUT2D eigenvalue weighted by Gasteiger charge is -2.35. The number of thiazole rings is 1. The van der Waals surface area contributed by atoms with Crippen LogP contribution in [0.3, 0.4) is 0 Å². The molecule has 2 heterocycles. The molecule has 0 spiro atoms. The predicted octanol–water partition coefficient (Wildman–Crippen LogP) is 4.60. The van der Waals surface area contributed by atoms with Gasteiger partial charge >= 0.3 is 0 Å². The number of carbonyl (C=O) groups is 1. The second kappa shape index (κ2) is 10.7. The van der Waals surface area contributed by atoms with Crippen LogP contribution in [0.1, 0.15) is 5.56 Å². The third-order valence-electron chi connectivity index (χ3n) is 5.36. The summed E-state index contributed by atoms with van der Waals surface area (Å²) in [5.41, 5.74) is 5.26. The van der Waals surface area contributed by atoms with Crippen LogP contribution in [0.25, 0.3) is 11.3 Å². The molecule has 0 radical (unpaired) electrons. The SMILES string of the molecule is C#CCN1CCN(c2ccc(NC(=O)CSc3nc(-c4ccc(C)cc4)cs3)cc2)CC1. The normalized spacial score (nSPS) is 14.2. The van der Waals surface area contributed by atoms with Crippen LogP contribution in [0.2, 0.25) is 0 Å². The molecule has 5 nitrogen and oxygen atoms in total. The number of amides is 1. The number of anilines is 2. The number of terminal acetylenes is 1. The second-order valence-corrected chi connectivity index (χ2v) is 9.80. The van der Waals surface area contributed by atoms with Gasteiger partial charge in [0.15, 0.2) is 4.34 Å². The fraction of sp³-hybridized carbons (Fsp3) is 0.280. The number of hydrogen-bond acceptors (Lipinski definition) is 6. The lowest BCUT2D eigenvalue weighted by atomic mass is 10.1. The molecule has 1 amide bonds. The van der Waals surface area contributed by atoms with Crippen molar-refractivity contribution in [2.75, 3.05) is 48.7 Å².